The highest BCUT2D eigenvalue weighted by Crippen LogP contribution is 2.43. The summed E-state index contributed by atoms with van der Waals surface area (Å²) in [6.07, 6.45) is 2.58. The molecule has 0 saturated carbocycles. The molecule has 1 aliphatic heterocycles. The van der Waals surface area contributed by atoms with E-state index in [-0.39, 0.29) is 5.54 Å². The number of benzene rings is 1. The van der Waals surface area contributed by atoms with Crippen molar-refractivity contribution in [3.8, 4) is 0 Å². The molecule has 2 amide bonds. The van der Waals surface area contributed by atoms with Gasteiger partial charge >= 0.3 is 6.03 Å². The van der Waals surface area contributed by atoms with Crippen LogP contribution >= 0.6 is 11.6 Å². The Morgan fingerprint density at radius 3 is 2.86 bits per heavy atom. The number of nitrogens with two attached hydrogens (primary N) is 1. The summed E-state index contributed by atoms with van der Waals surface area (Å²) in [4.78, 5) is 12.9. The summed E-state index contributed by atoms with van der Waals surface area (Å²) in [6.45, 7) is 6.67. The summed E-state index contributed by atoms with van der Waals surface area (Å²) in [6, 6.07) is 3.29. The van der Waals surface area contributed by atoms with Crippen molar-refractivity contribution in [3.63, 3.8) is 0 Å². The molecule has 0 spiro atoms. The topological polar surface area (TPSA) is 70.7 Å². The van der Waals surface area contributed by atoms with Crippen LogP contribution in [-0.2, 0) is 0 Å². The summed E-state index contributed by atoms with van der Waals surface area (Å²) < 4.78 is 0. The molecule has 0 radical (unpaired) electrons. The zero-order valence-electron chi connectivity index (χ0n) is 12.8. The zero-order chi connectivity index (χ0) is 15.8. The Morgan fingerprint density at radius 2 is 2.24 bits per heavy atom. The molecule has 2 rings (SSSR count). The second kappa shape index (κ2) is 5.56. The van der Waals surface area contributed by atoms with E-state index in [1.807, 2.05) is 12.1 Å². The number of primary amides is 1. The van der Waals surface area contributed by atoms with Gasteiger partial charge in [0.1, 0.15) is 0 Å². The van der Waals surface area contributed by atoms with Crippen molar-refractivity contribution in [3.05, 3.63) is 28.3 Å². The highest BCUT2D eigenvalue weighted by Gasteiger charge is 2.34. The number of amides is 2. The van der Waals surface area contributed by atoms with Gasteiger partial charge in [0.15, 0.2) is 0 Å². The van der Waals surface area contributed by atoms with E-state index in [1.165, 1.54) is 11.8 Å². The molecule has 0 aromatic heterocycles. The van der Waals surface area contributed by atoms with Crippen LogP contribution in [0.15, 0.2) is 17.2 Å². The Hall–Kier alpha value is -1.75. The summed E-state index contributed by atoms with van der Waals surface area (Å²) in [5.41, 5.74) is 10.4. The summed E-state index contributed by atoms with van der Waals surface area (Å²) >= 11 is 6.32. The number of nitrogens with one attached hydrogen (secondary N) is 1. The Bertz CT molecular complexity index is 598. The Labute approximate surface area is 130 Å². The number of anilines is 1. The summed E-state index contributed by atoms with van der Waals surface area (Å²) in [5.74, 6) is 0.430. The normalized spacial score (nSPS) is 20.4. The van der Waals surface area contributed by atoms with Crippen LogP contribution in [0.1, 0.15) is 44.2 Å². The molecule has 1 atom stereocenters. The van der Waals surface area contributed by atoms with Gasteiger partial charge in [0.05, 0.1) is 11.2 Å². The van der Waals surface area contributed by atoms with Crippen molar-refractivity contribution in [1.29, 1.82) is 0 Å². The van der Waals surface area contributed by atoms with Gasteiger partial charge in [-0.25, -0.2) is 10.2 Å². The first kappa shape index (κ1) is 15.6. The second-order valence-corrected chi connectivity index (χ2v) is 6.55. The maximum atomic E-state index is 10.6. The smallest absolute Gasteiger partial charge is 0.332 e. The fourth-order valence-electron chi connectivity index (χ4n) is 2.87. The lowest BCUT2D eigenvalue weighted by atomic mass is 9.80. The minimum absolute atomic E-state index is 0.0961. The van der Waals surface area contributed by atoms with Gasteiger partial charge in [-0.1, -0.05) is 18.5 Å². The lowest BCUT2D eigenvalue weighted by Crippen LogP contribution is -2.45. The van der Waals surface area contributed by atoms with Crippen molar-refractivity contribution >= 4 is 29.5 Å². The molecule has 0 fully saturated rings. The number of nitrogens with zero attached hydrogens (tertiary/aromatic N) is 2. The molecule has 1 aromatic rings. The molecule has 5 nitrogen and oxygen atoms in total. The van der Waals surface area contributed by atoms with Gasteiger partial charge in [-0.3, -0.25) is 0 Å². The molecule has 3 N–H and O–H groups in total. The third-order valence-corrected chi connectivity index (χ3v) is 4.46. The SMILES string of the molecule is CC1CC(C)(C)N(C)c2cc(Cl)c(/C=N/NC(N)=O)cc21. The molecule has 1 aromatic carbocycles. The number of rotatable bonds is 2. The lowest BCUT2D eigenvalue weighted by Gasteiger charge is -2.45. The fourth-order valence-corrected chi connectivity index (χ4v) is 3.08. The number of fused-ring (bicyclic) bond motifs is 1. The third kappa shape index (κ3) is 3.13. The molecular weight excluding hydrogens is 288 g/mol. The molecule has 1 unspecified atom stereocenters. The molecule has 6 heteroatoms. The zero-order valence-corrected chi connectivity index (χ0v) is 13.5. The van der Waals surface area contributed by atoms with Gasteiger partial charge < -0.3 is 10.6 Å². The van der Waals surface area contributed by atoms with Gasteiger partial charge in [0.25, 0.3) is 0 Å². The molecule has 0 bridgehead atoms. The predicted molar refractivity (Wildman–Crippen MR) is 87.3 cm³/mol. The lowest BCUT2D eigenvalue weighted by molar-refractivity contribution is 0.249. The number of carbonyl (C=O) groups is 1. The van der Waals surface area contributed by atoms with Crippen LogP contribution in [0.5, 0.6) is 0 Å². The van der Waals surface area contributed by atoms with Crippen LogP contribution < -0.4 is 16.1 Å². The van der Waals surface area contributed by atoms with E-state index in [0.29, 0.717) is 10.9 Å². The first-order valence-corrected chi connectivity index (χ1v) is 7.26. The van der Waals surface area contributed by atoms with Crippen LogP contribution in [0, 0.1) is 0 Å². The summed E-state index contributed by atoms with van der Waals surface area (Å²) in [7, 11) is 2.09. The van der Waals surface area contributed by atoms with Gasteiger partial charge in [0, 0.05) is 23.8 Å². The number of halogens is 1. The van der Waals surface area contributed by atoms with Crippen molar-refractivity contribution in [2.45, 2.75) is 38.6 Å². The predicted octanol–water partition coefficient (Wildman–Crippen LogP) is 3.06. The third-order valence-electron chi connectivity index (χ3n) is 4.13. The van der Waals surface area contributed by atoms with Gasteiger partial charge in [0.2, 0.25) is 0 Å². The minimum Gasteiger partial charge on any atom is -0.369 e. The Morgan fingerprint density at radius 1 is 1.57 bits per heavy atom. The van der Waals surface area contributed by atoms with Crippen molar-refractivity contribution in [1.82, 2.24) is 5.43 Å². The minimum atomic E-state index is -0.699. The Kier molecular flexibility index (Phi) is 4.14. The maximum Gasteiger partial charge on any atom is 0.332 e. The highest BCUT2D eigenvalue weighted by atomic mass is 35.5. The number of hydrazone groups is 1. The van der Waals surface area contributed by atoms with Gasteiger partial charge in [-0.15, -0.1) is 0 Å². The van der Waals surface area contributed by atoms with Crippen LogP contribution in [-0.4, -0.2) is 24.8 Å². The highest BCUT2D eigenvalue weighted by molar-refractivity contribution is 6.33. The number of hydrogen-bond acceptors (Lipinski definition) is 3. The van der Waals surface area contributed by atoms with E-state index in [4.69, 9.17) is 17.3 Å². The largest absolute Gasteiger partial charge is 0.369 e. The van der Waals surface area contributed by atoms with Gasteiger partial charge in [-0.05, 0) is 43.9 Å². The number of carbonyl (C=O) groups excluding carboxylic acids is 1. The quantitative estimate of drug-likeness (QED) is 0.651. The van der Waals surface area contributed by atoms with Crippen LogP contribution in [0.4, 0.5) is 10.5 Å². The fraction of sp³-hybridized carbons (Fsp3) is 0.467. The average Bonchev–Trinajstić information content (AvgIpc) is 2.36. The number of urea groups is 1. The van der Waals surface area contributed by atoms with Crippen LogP contribution in [0.2, 0.25) is 5.02 Å². The van der Waals surface area contributed by atoms with Crippen molar-refractivity contribution < 1.29 is 4.79 Å². The van der Waals surface area contributed by atoms with Crippen molar-refractivity contribution in [2.75, 3.05) is 11.9 Å². The monoisotopic (exact) mass is 308 g/mol. The summed E-state index contributed by atoms with van der Waals surface area (Å²) in [5, 5.41) is 4.37. The van der Waals surface area contributed by atoms with Crippen molar-refractivity contribution in [2.24, 2.45) is 10.8 Å². The number of hydrogen-bond donors (Lipinski definition) is 2. The molecule has 1 aliphatic rings. The van der Waals surface area contributed by atoms with E-state index in [1.54, 1.807) is 0 Å². The Balaban J connectivity index is 2.41. The first-order chi connectivity index (χ1) is 9.72. The van der Waals surface area contributed by atoms with Crippen LogP contribution in [0.3, 0.4) is 0 Å². The van der Waals surface area contributed by atoms with E-state index >= 15 is 0 Å². The molecule has 0 aliphatic carbocycles. The molecule has 0 saturated heterocycles. The second-order valence-electron chi connectivity index (χ2n) is 6.14. The average molecular weight is 309 g/mol. The molecule has 1 heterocycles. The molecule has 21 heavy (non-hydrogen) atoms. The molecule has 114 valence electrons. The van der Waals surface area contributed by atoms with E-state index in [2.05, 4.69) is 43.2 Å². The van der Waals surface area contributed by atoms with E-state index in [9.17, 15) is 4.79 Å². The standard InChI is InChI=1S/C15H21ClN4O/c1-9-7-15(2,3)20(4)13-6-12(16)10(5-11(9)13)8-18-19-14(17)21/h5-6,8-9H,7H2,1-4H3,(H3,17,19,21)/b18-8+. The maximum absolute atomic E-state index is 10.6. The van der Waals surface area contributed by atoms with Gasteiger partial charge in [-0.2, -0.15) is 5.10 Å². The first-order valence-electron chi connectivity index (χ1n) is 6.88. The van der Waals surface area contributed by atoms with E-state index < -0.39 is 6.03 Å². The molecular formula is C15H21ClN4O. The van der Waals surface area contributed by atoms with Crippen LogP contribution in [0.25, 0.3) is 0 Å². The van der Waals surface area contributed by atoms with E-state index in [0.717, 1.165) is 17.7 Å².